The van der Waals surface area contributed by atoms with Gasteiger partial charge in [-0.05, 0) is 43.1 Å². The highest BCUT2D eigenvalue weighted by atomic mass is 16.5. The van der Waals surface area contributed by atoms with E-state index in [1.54, 1.807) is 7.11 Å². The number of nitrogens with one attached hydrogen (secondary N) is 1. The van der Waals surface area contributed by atoms with Crippen LogP contribution in [0.5, 0.6) is 0 Å². The van der Waals surface area contributed by atoms with Crippen molar-refractivity contribution < 1.29 is 4.74 Å². The third-order valence-electron chi connectivity index (χ3n) is 3.81. The summed E-state index contributed by atoms with van der Waals surface area (Å²) in [6, 6.07) is 15.5. The molecule has 0 aromatic heterocycles. The number of hydrogen-bond acceptors (Lipinski definition) is 2. The molecule has 0 aliphatic rings. The van der Waals surface area contributed by atoms with Gasteiger partial charge in [0.1, 0.15) is 0 Å². The van der Waals surface area contributed by atoms with Crippen LogP contribution in [0.4, 0.5) is 0 Å². The van der Waals surface area contributed by atoms with Crippen LogP contribution in [0.25, 0.3) is 10.8 Å². The summed E-state index contributed by atoms with van der Waals surface area (Å²) < 4.78 is 5.34. The molecule has 0 fully saturated rings. The standard InChI is InChI=1S/C17H23NO/c1-13(19-3)11-12-17(18-2)16-10-6-8-14-7-4-5-9-15(14)16/h4-10,13,17-18H,11-12H2,1-3H3. The molecule has 1 N–H and O–H groups in total. The van der Waals surface area contributed by atoms with Crippen LogP contribution in [-0.4, -0.2) is 20.3 Å². The molecule has 0 amide bonds. The molecule has 0 heterocycles. The fraction of sp³-hybridized carbons (Fsp3) is 0.412. The van der Waals surface area contributed by atoms with Crippen LogP contribution in [0.15, 0.2) is 42.5 Å². The maximum absolute atomic E-state index is 5.34. The first-order valence-electron chi connectivity index (χ1n) is 6.94. The minimum atomic E-state index is 0.311. The van der Waals surface area contributed by atoms with Gasteiger partial charge in [-0.3, -0.25) is 0 Å². The molecule has 2 nitrogen and oxygen atoms in total. The van der Waals surface area contributed by atoms with Gasteiger partial charge >= 0.3 is 0 Å². The highest BCUT2D eigenvalue weighted by Crippen LogP contribution is 2.27. The number of ether oxygens (including phenoxy) is 1. The highest BCUT2D eigenvalue weighted by molar-refractivity contribution is 5.86. The van der Waals surface area contributed by atoms with Crippen molar-refractivity contribution in [3.63, 3.8) is 0 Å². The van der Waals surface area contributed by atoms with E-state index < -0.39 is 0 Å². The fourth-order valence-corrected chi connectivity index (χ4v) is 2.53. The van der Waals surface area contributed by atoms with Crippen LogP contribution in [-0.2, 0) is 4.74 Å². The Labute approximate surface area is 115 Å². The van der Waals surface area contributed by atoms with Crippen LogP contribution in [0, 0.1) is 0 Å². The zero-order valence-corrected chi connectivity index (χ0v) is 12.0. The number of methoxy groups -OCH3 is 1. The lowest BCUT2D eigenvalue weighted by atomic mass is 9.95. The predicted octanol–water partition coefficient (Wildman–Crippen LogP) is 3.92. The Bertz CT molecular complexity index is 518. The van der Waals surface area contributed by atoms with Gasteiger partial charge in [0.2, 0.25) is 0 Å². The fourth-order valence-electron chi connectivity index (χ4n) is 2.53. The van der Waals surface area contributed by atoms with Gasteiger partial charge in [0.05, 0.1) is 6.10 Å². The van der Waals surface area contributed by atoms with Crippen molar-refractivity contribution in [2.24, 2.45) is 0 Å². The van der Waals surface area contributed by atoms with E-state index >= 15 is 0 Å². The SMILES string of the molecule is CNC(CCC(C)OC)c1cccc2ccccc12. The number of hydrogen-bond donors (Lipinski definition) is 1. The van der Waals surface area contributed by atoms with Gasteiger partial charge < -0.3 is 10.1 Å². The second-order valence-electron chi connectivity index (χ2n) is 5.03. The normalized spacial score (nSPS) is 14.5. The molecule has 2 heteroatoms. The second kappa shape index (κ2) is 6.69. The summed E-state index contributed by atoms with van der Waals surface area (Å²) in [5.74, 6) is 0. The van der Waals surface area contributed by atoms with Crippen molar-refractivity contribution >= 4 is 10.8 Å². The van der Waals surface area contributed by atoms with Crippen LogP contribution in [0.2, 0.25) is 0 Å². The van der Waals surface area contributed by atoms with Crippen molar-refractivity contribution in [1.29, 1.82) is 0 Å². The van der Waals surface area contributed by atoms with Crippen LogP contribution in [0.1, 0.15) is 31.4 Å². The van der Waals surface area contributed by atoms with Gasteiger partial charge in [-0.2, -0.15) is 0 Å². The summed E-state index contributed by atoms with van der Waals surface area (Å²) in [7, 11) is 3.81. The summed E-state index contributed by atoms with van der Waals surface area (Å²) in [5, 5.41) is 6.08. The first-order valence-corrected chi connectivity index (χ1v) is 6.94. The number of rotatable bonds is 6. The molecule has 2 aromatic carbocycles. The largest absolute Gasteiger partial charge is 0.382 e. The molecule has 0 aliphatic heterocycles. The van der Waals surface area contributed by atoms with Crippen molar-refractivity contribution in [2.75, 3.05) is 14.2 Å². The minimum Gasteiger partial charge on any atom is -0.382 e. The van der Waals surface area contributed by atoms with Crippen molar-refractivity contribution in [3.8, 4) is 0 Å². The molecule has 102 valence electrons. The van der Waals surface area contributed by atoms with Gasteiger partial charge in [-0.15, -0.1) is 0 Å². The number of benzene rings is 2. The molecule has 2 atom stereocenters. The molecule has 0 aliphatic carbocycles. The topological polar surface area (TPSA) is 21.3 Å². The molecule has 0 saturated heterocycles. The van der Waals surface area contributed by atoms with Crippen molar-refractivity contribution in [1.82, 2.24) is 5.32 Å². The van der Waals surface area contributed by atoms with Crippen LogP contribution in [0.3, 0.4) is 0 Å². The smallest absolute Gasteiger partial charge is 0.0543 e. The van der Waals surface area contributed by atoms with E-state index in [-0.39, 0.29) is 0 Å². The molecule has 2 aromatic rings. The third kappa shape index (κ3) is 3.34. The predicted molar refractivity (Wildman–Crippen MR) is 81.5 cm³/mol. The molecular formula is C17H23NO. The molecule has 0 saturated carbocycles. The van der Waals surface area contributed by atoms with E-state index in [1.165, 1.54) is 16.3 Å². The van der Waals surface area contributed by atoms with Gasteiger partial charge in [-0.25, -0.2) is 0 Å². The molecule has 2 unspecified atom stereocenters. The maximum atomic E-state index is 5.34. The monoisotopic (exact) mass is 257 g/mol. The Morgan fingerprint density at radius 1 is 1.05 bits per heavy atom. The average Bonchev–Trinajstić information content (AvgIpc) is 2.47. The summed E-state index contributed by atoms with van der Waals surface area (Å²) in [6.45, 7) is 2.12. The van der Waals surface area contributed by atoms with Gasteiger partial charge in [-0.1, -0.05) is 42.5 Å². The van der Waals surface area contributed by atoms with Crippen molar-refractivity contribution in [2.45, 2.75) is 31.9 Å². The molecular weight excluding hydrogens is 234 g/mol. The maximum Gasteiger partial charge on any atom is 0.0543 e. The first kappa shape index (κ1) is 14.0. The lowest BCUT2D eigenvalue weighted by Crippen LogP contribution is -2.19. The Kier molecular flexibility index (Phi) is 4.94. The summed E-state index contributed by atoms with van der Waals surface area (Å²) in [4.78, 5) is 0. The third-order valence-corrected chi connectivity index (χ3v) is 3.81. The Morgan fingerprint density at radius 2 is 1.79 bits per heavy atom. The molecule has 0 bridgehead atoms. The Morgan fingerprint density at radius 3 is 2.53 bits per heavy atom. The van der Waals surface area contributed by atoms with Crippen LogP contribution >= 0.6 is 0 Å². The van der Waals surface area contributed by atoms with E-state index in [0.717, 1.165) is 12.8 Å². The summed E-state index contributed by atoms with van der Waals surface area (Å²) >= 11 is 0. The minimum absolute atomic E-state index is 0.311. The first-order chi connectivity index (χ1) is 9.26. The molecule has 0 spiro atoms. The van der Waals surface area contributed by atoms with Crippen molar-refractivity contribution in [3.05, 3.63) is 48.0 Å². The highest BCUT2D eigenvalue weighted by Gasteiger charge is 2.13. The van der Waals surface area contributed by atoms with Crippen LogP contribution < -0.4 is 5.32 Å². The summed E-state index contributed by atoms with van der Waals surface area (Å²) in [5.41, 5.74) is 1.38. The molecule has 2 rings (SSSR count). The van der Waals surface area contributed by atoms with E-state index in [2.05, 4.69) is 54.7 Å². The van der Waals surface area contributed by atoms with Gasteiger partial charge in [0, 0.05) is 13.2 Å². The van der Waals surface area contributed by atoms with Gasteiger partial charge in [0.15, 0.2) is 0 Å². The second-order valence-corrected chi connectivity index (χ2v) is 5.03. The Balaban J connectivity index is 2.25. The molecule has 0 radical (unpaired) electrons. The molecule has 19 heavy (non-hydrogen) atoms. The summed E-state index contributed by atoms with van der Waals surface area (Å²) in [6.07, 6.45) is 2.45. The van der Waals surface area contributed by atoms with Gasteiger partial charge in [0.25, 0.3) is 0 Å². The lowest BCUT2D eigenvalue weighted by molar-refractivity contribution is 0.106. The van der Waals surface area contributed by atoms with E-state index in [9.17, 15) is 0 Å². The average molecular weight is 257 g/mol. The zero-order valence-electron chi connectivity index (χ0n) is 12.0. The van der Waals surface area contributed by atoms with E-state index in [1.807, 2.05) is 7.05 Å². The van der Waals surface area contributed by atoms with E-state index in [4.69, 9.17) is 4.74 Å². The Hall–Kier alpha value is -1.38. The lowest BCUT2D eigenvalue weighted by Gasteiger charge is -2.20. The zero-order chi connectivity index (χ0) is 13.7. The quantitative estimate of drug-likeness (QED) is 0.847. The number of fused-ring (bicyclic) bond motifs is 1. The van der Waals surface area contributed by atoms with E-state index in [0.29, 0.717) is 12.1 Å².